The Morgan fingerprint density at radius 3 is 2.76 bits per heavy atom. The highest BCUT2D eigenvalue weighted by Crippen LogP contribution is 2.46. The van der Waals surface area contributed by atoms with Crippen LogP contribution in [0.15, 0.2) is 77.3 Å². The zero-order valence-electron chi connectivity index (χ0n) is 18.3. The van der Waals surface area contributed by atoms with E-state index in [2.05, 4.69) is 10.6 Å². The van der Waals surface area contributed by atoms with Crippen LogP contribution in [0.1, 0.15) is 37.1 Å². The molecule has 0 fully saturated rings. The van der Waals surface area contributed by atoms with Crippen molar-refractivity contribution >= 4 is 40.2 Å². The summed E-state index contributed by atoms with van der Waals surface area (Å²) in [6.07, 6.45) is 2.07. The minimum atomic E-state index is -0.511. The molecule has 1 aliphatic heterocycles. The van der Waals surface area contributed by atoms with E-state index in [-0.39, 0.29) is 11.8 Å². The van der Waals surface area contributed by atoms with Crippen LogP contribution >= 0.6 is 11.3 Å². The second-order valence-corrected chi connectivity index (χ2v) is 8.94. The van der Waals surface area contributed by atoms with Crippen LogP contribution in [-0.2, 0) is 4.79 Å². The van der Waals surface area contributed by atoms with Gasteiger partial charge in [-0.3, -0.25) is 9.69 Å². The number of nitrogens with one attached hydrogen (secondary N) is 2. The maximum atomic E-state index is 13.9. The third kappa shape index (κ3) is 4.00. The molecule has 1 atom stereocenters. The van der Waals surface area contributed by atoms with Gasteiger partial charge in [-0.05, 0) is 55.5 Å². The van der Waals surface area contributed by atoms with Gasteiger partial charge in [0.25, 0.3) is 0 Å². The summed E-state index contributed by atoms with van der Waals surface area (Å²) in [4.78, 5) is 29.8. The molecule has 0 saturated heterocycles. The number of hydrogen-bond donors (Lipinski definition) is 2. The van der Waals surface area contributed by atoms with E-state index in [1.807, 2.05) is 73.0 Å². The molecule has 0 bridgehead atoms. The number of fused-ring (bicyclic) bond motifs is 1. The van der Waals surface area contributed by atoms with Crippen molar-refractivity contribution in [3.8, 4) is 5.75 Å². The molecule has 5 rings (SSSR count). The van der Waals surface area contributed by atoms with Crippen molar-refractivity contribution < 1.29 is 14.3 Å². The van der Waals surface area contributed by atoms with Crippen molar-refractivity contribution in [2.75, 3.05) is 22.1 Å². The molecule has 0 saturated carbocycles. The van der Waals surface area contributed by atoms with Gasteiger partial charge in [-0.1, -0.05) is 30.3 Å². The molecule has 2 heterocycles. The Kier molecular flexibility index (Phi) is 5.88. The van der Waals surface area contributed by atoms with Gasteiger partial charge in [-0.25, -0.2) is 4.79 Å². The second kappa shape index (κ2) is 9.11. The molecule has 2 aliphatic rings. The number of urea groups is 1. The van der Waals surface area contributed by atoms with E-state index in [0.717, 1.165) is 34.8 Å². The predicted octanol–water partition coefficient (Wildman–Crippen LogP) is 6.36. The number of rotatable bonds is 4. The van der Waals surface area contributed by atoms with Crippen molar-refractivity contribution in [1.82, 2.24) is 0 Å². The molecular weight excluding hydrogens is 434 g/mol. The van der Waals surface area contributed by atoms with E-state index < -0.39 is 6.04 Å². The summed E-state index contributed by atoms with van der Waals surface area (Å²) < 4.78 is 5.71. The number of carbonyl (C=O) groups is 2. The van der Waals surface area contributed by atoms with Gasteiger partial charge in [0.05, 0.1) is 23.7 Å². The molecule has 3 aromatic rings. The van der Waals surface area contributed by atoms with E-state index in [1.165, 1.54) is 0 Å². The fourth-order valence-corrected chi connectivity index (χ4v) is 5.32. The Bertz CT molecular complexity index is 1220. The van der Waals surface area contributed by atoms with Gasteiger partial charge in [-0.15, -0.1) is 11.3 Å². The number of nitrogens with zero attached hydrogens (tertiary/aromatic N) is 1. The number of anilines is 3. The van der Waals surface area contributed by atoms with Gasteiger partial charge in [0.15, 0.2) is 5.78 Å². The van der Waals surface area contributed by atoms with Crippen molar-refractivity contribution in [3.63, 3.8) is 0 Å². The lowest BCUT2D eigenvalue weighted by molar-refractivity contribution is -0.116. The molecular formula is C26H25N3O3S. The van der Waals surface area contributed by atoms with E-state index in [1.54, 1.807) is 16.2 Å². The molecule has 6 nitrogen and oxygen atoms in total. The third-order valence-corrected chi connectivity index (χ3v) is 6.82. The number of Topliss-reactive ketones (excluding diaryl/α,β-unsaturated/α-hetero) is 1. The van der Waals surface area contributed by atoms with Crippen LogP contribution in [0.4, 0.5) is 21.9 Å². The van der Waals surface area contributed by atoms with Crippen LogP contribution in [-0.4, -0.2) is 18.4 Å². The number of ketones is 1. The summed E-state index contributed by atoms with van der Waals surface area (Å²) in [5, 5.41) is 8.50. The highest BCUT2D eigenvalue weighted by atomic mass is 32.1. The summed E-state index contributed by atoms with van der Waals surface area (Å²) in [5.41, 5.74) is 3.71. The largest absolute Gasteiger partial charge is 0.492 e. The highest BCUT2D eigenvalue weighted by molar-refractivity contribution is 7.10. The average molecular weight is 460 g/mol. The fraction of sp³-hybridized carbons (Fsp3) is 0.231. The lowest BCUT2D eigenvalue weighted by Gasteiger charge is -2.33. The quantitative estimate of drug-likeness (QED) is 0.476. The molecule has 1 unspecified atom stereocenters. The van der Waals surface area contributed by atoms with Crippen molar-refractivity contribution in [2.24, 2.45) is 0 Å². The van der Waals surface area contributed by atoms with Crippen LogP contribution < -0.4 is 20.3 Å². The molecule has 2 amide bonds. The fourth-order valence-electron chi connectivity index (χ4n) is 4.50. The summed E-state index contributed by atoms with van der Waals surface area (Å²) in [6, 6.07) is 18.2. The molecule has 168 valence electrons. The maximum absolute atomic E-state index is 13.9. The Labute approximate surface area is 196 Å². The van der Waals surface area contributed by atoms with Crippen LogP contribution in [0.25, 0.3) is 0 Å². The molecule has 7 heteroatoms. The minimum absolute atomic E-state index is 0.0856. The highest BCUT2D eigenvalue weighted by Gasteiger charge is 2.40. The topological polar surface area (TPSA) is 70.7 Å². The smallest absolute Gasteiger partial charge is 0.327 e. The lowest BCUT2D eigenvalue weighted by Crippen LogP contribution is -2.40. The van der Waals surface area contributed by atoms with Gasteiger partial charge >= 0.3 is 6.03 Å². The average Bonchev–Trinajstić information content (AvgIpc) is 3.30. The minimum Gasteiger partial charge on any atom is -0.492 e. The molecule has 0 spiro atoms. The SMILES string of the molecule is CCOc1ccccc1NC(=O)N1c2ccccc2NC2=C(C(=O)CCC2)C1c1cccs1. The van der Waals surface area contributed by atoms with Crippen molar-refractivity contribution in [2.45, 2.75) is 32.2 Å². The van der Waals surface area contributed by atoms with Crippen molar-refractivity contribution in [1.29, 1.82) is 0 Å². The Morgan fingerprint density at radius 2 is 1.94 bits per heavy atom. The Balaban J connectivity index is 1.65. The zero-order valence-corrected chi connectivity index (χ0v) is 19.2. The molecule has 33 heavy (non-hydrogen) atoms. The number of hydrogen-bond acceptors (Lipinski definition) is 5. The van der Waals surface area contributed by atoms with E-state index in [0.29, 0.717) is 30.0 Å². The standard InChI is InChI=1S/C26H25N3O3S/c1-2-32-22-14-6-4-10-18(22)28-26(31)29-20-12-5-3-9-17(20)27-19-11-7-13-21(30)24(19)25(29)23-15-8-16-33-23/h3-6,8-10,12,14-16,25,27H,2,7,11,13H2,1H3,(H,28,31). The van der Waals surface area contributed by atoms with E-state index >= 15 is 0 Å². The summed E-state index contributed by atoms with van der Waals surface area (Å²) in [6.45, 7) is 2.40. The number of carbonyl (C=O) groups excluding carboxylic acids is 2. The number of ether oxygens (including phenoxy) is 1. The zero-order chi connectivity index (χ0) is 22.8. The van der Waals surface area contributed by atoms with Crippen molar-refractivity contribution in [3.05, 3.63) is 82.2 Å². The van der Waals surface area contributed by atoms with Crippen LogP contribution in [0.5, 0.6) is 5.75 Å². The van der Waals surface area contributed by atoms with Gasteiger partial charge < -0.3 is 15.4 Å². The summed E-state index contributed by atoms with van der Waals surface area (Å²) >= 11 is 1.55. The summed E-state index contributed by atoms with van der Waals surface area (Å²) in [7, 11) is 0. The number of allylic oxidation sites excluding steroid dienone is 1. The van der Waals surface area contributed by atoms with E-state index in [9.17, 15) is 9.59 Å². The van der Waals surface area contributed by atoms with Gasteiger partial charge in [-0.2, -0.15) is 0 Å². The van der Waals surface area contributed by atoms with Crippen LogP contribution in [0.2, 0.25) is 0 Å². The molecule has 0 radical (unpaired) electrons. The Hall–Kier alpha value is -3.58. The number of para-hydroxylation sites is 4. The van der Waals surface area contributed by atoms with Crippen LogP contribution in [0.3, 0.4) is 0 Å². The predicted molar refractivity (Wildman–Crippen MR) is 132 cm³/mol. The van der Waals surface area contributed by atoms with Gasteiger partial charge in [0.1, 0.15) is 11.8 Å². The normalized spacial score (nSPS) is 17.5. The molecule has 2 aromatic carbocycles. The van der Waals surface area contributed by atoms with E-state index in [4.69, 9.17) is 4.74 Å². The number of benzene rings is 2. The van der Waals surface area contributed by atoms with Gasteiger partial charge in [0.2, 0.25) is 0 Å². The lowest BCUT2D eigenvalue weighted by atomic mass is 9.88. The molecule has 2 N–H and O–H groups in total. The monoisotopic (exact) mass is 459 g/mol. The first-order valence-corrected chi connectivity index (χ1v) is 12.0. The Morgan fingerprint density at radius 1 is 1.12 bits per heavy atom. The second-order valence-electron chi connectivity index (χ2n) is 7.96. The third-order valence-electron chi connectivity index (χ3n) is 5.90. The summed E-state index contributed by atoms with van der Waals surface area (Å²) in [5.74, 6) is 0.693. The first-order valence-electron chi connectivity index (χ1n) is 11.1. The first kappa shape index (κ1) is 21.3. The maximum Gasteiger partial charge on any atom is 0.327 e. The van der Waals surface area contributed by atoms with Crippen LogP contribution in [0, 0.1) is 0 Å². The number of amides is 2. The molecule has 1 aromatic heterocycles. The number of thiophene rings is 1. The molecule has 1 aliphatic carbocycles. The first-order chi connectivity index (χ1) is 16.2. The van der Waals surface area contributed by atoms with Gasteiger partial charge in [0, 0.05) is 22.6 Å².